The number of fused-ring (bicyclic) bond motifs is 1. The molecule has 170 valence electrons. The lowest BCUT2D eigenvalue weighted by atomic mass is 9.93. The second-order valence-electron chi connectivity index (χ2n) is 9.16. The molecule has 0 saturated carbocycles. The molecule has 1 saturated heterocycles. The summed E-state index contributed by atoms with van der Waals surface area (Å²) in [6.07, 6.45) is -1.04. The number of halogens is 3. The highest BCUT2D eigenvalue weighted by Gasteiger charge is 2.35. The van der Waals surface area contributed by atoms with Crippen molar-refractivity contribution < 1.29 is 32.1 Å². The van der Waals surface area contributed by atoms with E-state index in [1.807, 2.05) is 32.3 Å². The van der Waals surface area contributed by atoms with Gasteiger partial charge in [-0.1, -0.05) is 0 Å². The van der Waals surface area contributed by atoms with Gasteiger partial charge in [-0.15, -0.1) is 0 Å². The number of hydrogen-bond acceptors (Lipinski definition) is 3. The van der Waals surface area contributed by atoms with E-state index in [1.165, 1.54) is 0 Å². The van der Waals surface area contributed by atoms with Gasteiger partial charge in [0.25, 0.3) is 5.91 Å². The second kappa shape index (κ2) is 8.51. The third kappa shape index (κ3) is 5.77. The quantitative estimate of drug-likeness (QED) is 0.720. The first-order valence-corrected chi connectivity index (χ1v) is 10.4. The van der Waals surface area contributed by atoms with Crippen molar-refractivity contribution in [2.75, 3.05) is 26.2 Å². The average molecular weight is 440 g/mol. The van der Waals surface area contributed by atoms with Crippen molar-refractivity contribution in [3.8, 4) is 0 Å². The van der Waals surface area contributed by atoms with E-state index in [2.05, 4.69) is 4.58 Å². The van der Waals surface area contributed by atoms with Crippen molar-refractivity contribution in [1.82, 2.24) is 10.2 Å². The number of hydrogen-bond donors (Lipinski definition) is 1. The molecule has 0 bridgehead atoms. The zero-order chi connectivity index (χ0) is 23.0. The number of benzene rings is 1. The fraction of sp³-hybridized carbons (Fsp3) is 0.591. The number of likely N-dealkylation sites (tertiary alicyclic amines) is 1. The van der Waals surface area contributed by atoms with Crippen molar-refractivity contribution in [3.05, 3.63) is 28.8 Å². The Labute approximate surface area is 180 Å². The molecule has 9 heteroatoms. The van der Waals surface area contributed by atoms with Gasteiger partial charge in [0.1, 0.15) is 17.7 Å². The minimum atomic E-state index is -4.44. The molecule has 31 heavy (non-hydrogen) atoms. The van der Waals surface area contributed by atoms with Crippen LogP contribution in [0.5, 0.6) is 0 Å². The van der Waals surface area contributed by atoms with Gasteiger partial charge < -0.3 is 15.0 Å². The molecule has 0 atom stereocenters. The first-order chi connectivity index (χ1) is 14.3. The highest BCUT2D eigenvalue weighted by Crippen LogP contribution is 2.32. The van der Waals surface area contributed by atoms with Gasteiger partial charge in [0.2, 0.25) is 5.69 Å². The van der Waals surface area contributed by atoms with Crippen molar-refractivity contribution in [2.24, 2.45) is 5.92 Å². The molecular formula is C22H29F3N3O3+. The van der Waals surface area contributed by atoms with E-state index >= 15 is 0 Å². The molecule has 0 radical (unpaired) electrons. The molecule has 2 heterocycles. The number of alkyl halides is 3. The molecule has 2 aliphatic rings. The van der Waals surface area contributed by atoms with E-state index < -0.39 is 24.2 Å². The highest BCUT2D eigenvalue weighted by atomic mass is 19.4. The molecule has 2 amide bonds. The molecule has 1 fully saturated rings. The third-order valence-corrected chi connectivity index (χ3v) is 5.50. The van der Waals surface area contributed by atoms with Crippen LogP contribution in [0.4, 0.5) is 23.7 Å². The van der Waals surface area contributed by atoms with Gasteiger partial charge in [-0.05, 0) is 52.2 Å². The minimum absolute atomic E-state index is 0.254. The van der Waals surface area contributed by atoms with Gasteiger partial charge >= 0.3 is 12.3 Å². The Bertz CT molecular complexity index is 896. The van der Waals surface area contributed by atoms with Gasteiger partial charge in [-0.25, -0.2) is 4.79 Å². The van der Waals surface area contributed by atoms with Crippen LogP contribution in [0.15, 0.2) is 12.1 Å². The molecule has 0 spiro atoms. The Balaban J connectivity index is 1.55. The normalized spacial score (nSPS) is 16.9. The number of rotatable bonds is 4. The molecule has 6 nitrogen and oxygen atoms in total. The van der Waals surface area contributed by atoms with Crippen LogP contribution in [0, 0.1) is 12.8 Å². The number of piperidine rings is 1. The van der Waals surface area contributed by atoms with Gasteiger partial charge in [-0.3, -0.25) is 4.79 Å². The summed E-state index contributed by atoms with van der Waals surface area (Å²) in [6, 6.07) is 3.35. The second-order valence-corrected chi connectivity index (χ2v) is 9.16. The number of ether oxygens (including phenoxy) is 1. The summed E-state index contributed by atoms with van der Waals surface area (Å²) in [5, 5.41) is 1.92. The number of amides is 2. The van der Waals surface area contributed by atoms with Gasteiger partial charge in [0.05, 0.1) is 0 Å². The molecule has 2 aliphatic heterocycles. The molecule has 1 N–H and O–H groups in total. The summed E-state index contributed by atoms with van der Waals surface area (Å²) < 4.78 is 44.6. The molecule has 3 rings (SSSR count). The molecule has 0 unspecified atom stereocenters. The number of carbonyl (C=O) groups is 2. The lowest BCUT2D eigenvalue weighted by Gasteiger charge is -2.33. The Kier molecular flexibility index (Phi) is 6.34. The summed E-state index contributed by atoms with van der Waals surface area (Å²) in [5.41, 5.74) is 2.27. The maximum atomic E-state index is 12.3. The van der Waals surface area contributed by atoms with E-state index in [1.54, 1.807) is 24.0 Å². The van der Waals surface area contributed by atoms with Crippen LogP contribution in [0.1, 0.15) is 55.1 Å². The van der Waals surface area contributed by atoms with Crippen LogP contribution in [-0.2, 0) is 4.74 Å². The Morgan fingerprint density at radius 2 is 1.84 bits per heavy atom. The topological polar surface area (TPSA) is 61.7 Å². The minimum Gasteiger partial charge on any atom is -0.444 e. The number of carbonyl (C=O) groups excluding carboxylic acids is 2. The SMILES string of the molecule is Cc1c(C(=O)NCC(F)(F)F)ccc2c1C=[N+]2CC1CCN(C(=O)OC(C)(C)C)CC1. The summed E-state index contributed by atoms with van der Waals surface area (Å²) in [6.45, 7) is 8.05. The Hall–Kier alpha value is -2.58. The van der Waals surface area contributed by atoms with E-state index in [4.69, 9.17) is 4.74 Å². The summed E-state index contributed by atoms with van der Waals surface area (Å²) in [4.78, 5) is 26.0. The van der Waals surface area contributed by atoms with E-state index in [0.717, 1.165) is 30.6 Å². The van der Waals surface area contributed by atoms with Crippen molar-refractivity contribution in [2.45, 2.75) is 52.3 Å². The van der Waals surface area contributed by atoms with Crippen LogP contribution in [-0.4, -0.2) is 65.6 Å². The van der Waals surface area contributed by atoms with E-state index in [-0.39, 0.29) is 11.7 Å². The highest BCUT2D eigenvalue weighted by molar-refractivity contribution is 6.01. The predicted octanol–water partition coefficient (Wildman–Crippen LogP) is 4.01. The fourth-order valence-corrected chi connectivity index (χ4v) is 3.86. The lowest BCUT2D eigenvalue weighted by Crippen LogP contribution is -2.43. The first-order valence-electron chi connectivity index (χ1n) is 10.4. The van der Waals surface area contributed by atoms with Crippen LogP contribution in [0.25, 0.3) is 0 Å². The average Bonchev–Trinajstić information content (AvgIpc) is 2.64. The van der Waals surface area contributed by atoms with Crippen molar-refractivity contribution in [3.63, 3.8) is 0 Å². The van der Waals surface area contributed by atoms with Crippen molar-refractivity contribution >= 4 is 23.9 Å². The largest absolute Gasteiger partial charge is 0.444 e. The molecule has 0 aromatic heterocycles. The monoisotopic (exact) mass is 440 g/mol. The lowest BCUT2D eigenvalue weighted by molar-refractivity contribution is -0.456. The molecule has 1 aromatic carbocycles. The summed E-state index contributed by atoms with van der Waals surface area (Å²) in [5.74, 6) is -0.308. The molecule has 0 aliphatic carbocycles. The van der Waals surface area contributed by atoms with E-state index in [0.29, 0.717) is 24.6 Å². The van der Waals surface area contributed by atoms with E-state index in [9.17, 15) is 22.8 Å². The maximum absolute atomic E-state index is 12.3. The predicted molar refractivity (Wildman–Crippen MR) is 110 cm³/mol. The van der Waals surface area contributed by atoms with Crippen molar-refractivity contribution in [1.29, 1.82) is 0 Å². The van der Waals surface area contributed by atoms with Crippen LogP contribution < -0.4 is 5.32 Å². The van der Waals surface area contributed by atoms with Gasteiger partial charge in [-0.2, -0.15) is 17.7 Å². The Morgan fingerprint density at radius 1 is 1.19 bits per heavy atom. The smallest absolute Gasteiger partial charge is 0.410 e. The standard InChI is InChI=1S/C22H28F3N3O3/c1-14-16(19(29)26-13-22(23,24)25)5-6-18-17(14)12-28(18)11-15-7-9-27(10-8-15)20(30)31-21(2,3)4/h5-6,12,15H,7-11,13H2,1-4H3/p+1. The fourth-order valence-electron chi connectivity index (χ4n) is 3.86. The van der Waals surface area contributed by atoms with Crippen LogP contribution in [0.3, 0.4) is 0 Å². The van der Waals surface area contributed by atoms with Gasteiger partial charge in [0, 0.05) is 30.6 Å². The number of nitrogens with one attached hydrogen (secondary N) is 1. The first kappa shape index (κ1) is 23.1. The third-order valence-electron chi connectivity index (χ3n) is 5.50. The summed E-state index contributed by atoms with van der Waals surface area (Å²) >= 11 is 0. The molecule has 1 aromatic rings. The Morgan fingerprint density at radius 3 is 2.42 bits per heavy atom. The zero-order valence-electron chi connectivity index (χ0n) is 18.3. The number of nitrogens with zero attached hydrogens (tertiary/aromatic N) is 2. The van der Waals surface area contributed by atoms with Crippen LogP contribution in [0.2, 0.25) is 0 Å². The molecular weight excluding hydrogens is 411 g/mol. The van der Waals surface area contributed by atoms with Crippen LogP contribution >= 0.6 is 0 Å². The zero-order valence-corrected chi connectivity index (χ0v) is 18.3. The van der Waals surface area contributed by atoms with Gasteiger partial charge in [0.15, 0.2) is 12.8 Å². The summed E-state index contributed by atoms with van der Waals surface area (Å²) in [7, 11) is 0. The maximum Gasteiger partial charge on any atom is 0.410 e.